The Kier molecular flexibility index (Phi) is 14.0. The third kappa shape index (κ3) is 12.1. The molecule has 7 heteroatoms. The zero-order chi connectivity index (χ0) is 22.9. The first-order valence-corrected chi connectivity index (χ1v) is 11.7. The van der Waals surface area contributed by atoms with Crippen molar-refractivity contribution in [1.29, 1.82) is 0 Å². The second-order valence-electron chi connectivity index (χ2n) is 8.11. The number of nitrogens with zero attached hydrogens (tertiary/aromatic N) is 2. The molecule has 2 N–H and O–H groups in total. The fourth-order valence-electron chi connectivity index (χ4n) is 3.58. The summed E-state index contributed by atoms with van der Waals surface area (Å²) in [7, 11) is 0. The number of rotatable bonds is 18. The van der Waals surface area contributed by atoms with Crippen molar-refractivity contribution in [3.8, 4) is 0 Å². The molecule has 0 saturated heterocycles. The molecular weight excluding hydrogens is 394 g/mol. The van der Waals surface area contributed by atoms with Gasteiger partial charge in [-0.15, -0.1) is 0 Å². The van der Waals surface area contributed by atoms with Crippen LogP contribution in [0.1, 0.15) is 95.5 Å². The van der Waals surface area contributed by atoms with Crippen LogP contribution in [-0.4, -0.2) is 26.0 Å². The van der Waals surface area contributed by atoms with Crippen LogP contribution < -0.4 is 0 Å². The Balaban J connectivity index is 2.17. The average Bonchev–Trinajstić information content (AvgIpc) is 3.11. The number of aromatic amines is 1. The van der Waals surface area contributed by atoms with Gasteiger partial charge in [-0.25, -0.2) is 9.97 Å². The van der Waals surface area contributed by atoms with Gasteiger partial charge >= 0.3 is 11.8 Å². The molecule has 1 aromatic rings. The van der Waals surface area contributed by atoms with E-state index in [1.54, 1.807) is 6.92 Å². The minimum absolute atomic E-state index is 0.123. The highest BCUT2D eigenvalue weighted by molar-refractivity contribution is 5.69. The number of carboxylic acids is 1. The molecule has 0 bridgehead atoms. The number of allylic oxidation sites excluding steroid dienone is 4. The minimum atomic E-state index is -0.833. The van der Waals surface area contributed by atoms with E-state index in [1.165, 1.54) is 25.7 Å². The highest BCUT2D eigenvalue weighted by Crippen LogP contribution is 2.22. The van der Waals surface area contributed by atoms with E-state index >= 15 is 0 Å². The molecule has 1 atom stereocenters. The summed E-state index contributed by atoms with van der Waals surface area (Å²) in [6.45, 7) is 3.88. The van der Waals surface area contributed by atoms with Gasteiger partial charge in [-0.2, -0.15) is 0 Å². The quantitative estimate of drug-likeness (QED) is 0.116. The summed E-state index contributed by atoms with van der Waals surface area (Å²) in [5.74, 6) is -0.964. The first-order valence-electron chi connectivity index (χ1n) is 11.7. The van der Waals surface area contributed by atoms with Crippen LogP contribution in [-0.2, 0) is 11.2 Å². The van der Waals surface area contributed by atoms with E-state index in [0.29, 0.717) is 30.8 Å². The molecule has 1 heterocycles. The average molecular weight is 434 g/mol. The van der Waals surface area contributed by atoms with Crippen LogP contribution in [0.2, 0.25) is 0 Å². The van der Waals surface area contributed by atoms with Crippen LogP contribution in [0.3, 0.4) is 0 Å². The zero-order valence-corrected chi connectivity index (χ0v) is 19.1. The van der Waals surface area contributed by atoms with E-state index in [0.717, 1.165) is 38.5 Å². The number of imidazole rings is 1. The fourth-order valence-corrected chi connectivity index (χ4v) is 3.58. The lowest BCUT2D eigenvalue weighted by molar-refractivity contribution is -0.390. The van der Waals surface area contributed by atoms with Crippen molar-refractivity contribution < 1.29 is 14.8 Å². The monoisotopic (exact) mass is 433 g/mol. The smallest absolute Gasteiger partial charge is 0.343 e. The molecule has 0 spiro atoms. The fraction of sp³-hybridized carbons (Fsp3) is 0.667. The van der Waals surface area contributed by atoms with Gasteiger partial charge in [0.05, 0.1) is 5.92 Å². The van der Waals surface area contributed by atoms with Gasteiger partial charge in [0.1, 0.15) is 5.69 Å². The number of H-pyrrole nitrogens is 1. The normalized spacial score (nSPS) is 12.7. The summed E-state index contributed by atoms with van der Waals surface area (Å²) in [5.41, 5.74) is 0.344. The van der Waals surface area contributed by atoms with Gasteiger partial charge in [0.2, 0.25) is 0 Å². The number of aliphatic carboxylic acids is 1. The lowest BCUT2D eigenvalue weighted by Gasteiger charge is -2.11. The number of carboxylic acid groups (broad SMARTS) is 1. The Labute approximate surface area is 186 Å². The van der Waals surface area contributed by atoms with Crippen LogP contribution in [0.4, 0.5) is 5.82 Å². The summed E-state index contributed by atoms with van der Waals surface area (Å²) in [6.07, 6.45) is 21.4. The molecule has 0 radical (unpaired) electrons. The largest absolute Gasteiger partial charge is 0.481 e. The molecule has 174 valence electrons. The number of aryl methyl sites for hydroxylation is 2. The first-order chi connectivity index (χ1) is 15.0. The maximum absolute atomic E-state index is 11.5. The Morgan fingerprint density at radius 3 is 2.32 bits per heavy atom. The van der Waals surface area contributed by atoms with Crippen molar-refractivity contribution >= 4 is 11.8 Å². The van der Waals surface area contributed by atoms with Crippen molar-refractivity contribution in [2.24, 2.45) is 5.92 Å². The molecule has 0 saturated carbocycles. The van der Waals surface area contributed by atoms with Crippen LogP contribution in [0.25, 0.3) is 0 Å². The van der Waals surface area contributed by atoms with Crippen molar-refractivity contribution in [3.63, 3.8) is 0 Å². The second kappa shape index (κ2) is 16.3. The van der Waals surface area contributed by atoms with Gasteiger partial charge < -0.3 is 15.2 Å². The third-order valence-corrected chi connectivity index (χ3v) is 5.39. The predicted octanol–water partition coefficient (Wildman–Crippen LogP) is 6.68. The Morgan fingerprint density at radius 2 is 1.71 bits per heavy atom. The van der Waals surface area contributed by atoms with Crippen molar-refractivity contribution in [3.05, 3.63) is 45.9 Å². The van der Waals surface area contributed by atoms with Crippen molar-refractivity contribution in [2.75, 3.05) is 0 Å². The molecule has 0 fully saturated rings. The second-order valence-corrected chi connectivity index (χ2v) is 8.11. The number of nitro groups is 1. The topological polar surface area (TPSA) is 109 Å². The van der Waals surface area contributed by atoms with Crippen molar-refractivity contribution in [2.45, 2.75) is 97.3 Å². The van der Waals surface area contributed by atoms with E-state index in [9.17, 15) is 20.0 Å². The van der Waals surface area contributed by atoms with E-state index in [4.69, 9.17) is 0 Å². The zero-order valence-electron chi connectivity index (χ0n) is 19.1. The summed E-state index contributed by atoms with van der Waals surface area (Å²) in [4.78, 5) is 28.8. The summed E-state index contributed by atoms with van der Waals surface area (Å²) >= 11 is 0. The Morgan fingerprint density at radius 1 is 1.06 bits per heavy atom. The minimum Gasteiger partial charge on any atom is -0.481 e. The van der Waals surface area contributed by atoms with Gasteiger partial charge in [-0.3, -0.25) is 4.79 Å². The van der Waals surface area contributed by atoms with Gasteiger partial charge in [0.25, 0.3) is 0 Å². The van der Waals surface area contributed by atoms with E-state index in [-0.39, 0.29) is 5.82 Å². The predicted molar refractivity (Wildman–Crippen MR) is 124 cm³/mol. The number of unbranched alkanes of at least 4 members (excludes halogenated alkanes) is 7. The Bertz CT molecular complexity index is 710. The highest BCUT2D eigenvalue weighted by Gasteiger charge is 2.22. The summed E-state index contributed by atoms with van der Waals surface area (Å²) < 4.78 is 0. The molecule has 1 rings (SSSR count). The van der Waals surface area contributed by atoms with Gasteiger partial charge in [0, 0.05) is 6.92 Å². The summed E-state index contributed by atoms with van der Waals surface area (Å²) in [5, 5.41) is 20.5. The SMILES string of the molecule is CCCCC/C=C\C/C=C\CCCCCCC(CCc1nc(C)[nH]c1[N+](=O)[O-])C(=O)O. The van der Waals surface area contributed by atoms with Gasteiger partial charge in [-0.05, 0) is 56.3 Å². The molecule has 0 aliphatic carbocycles. The van der Waals surface area contributed by atoms with Crippen LogP contribution in [0.5, 0.6) is 0 Å². The highest BCUT2D eigenvalue weighted by atomic mass is 16.6. The third-order valence-electron chi connectivity index (χ3n) is 5.39. The van der Waals surface area contributed by atoms with Crippen LogP contribution in [0, 0.1) is 23.0 Å². The van der Waals surface area contributed by atoms with Gasteiger partial charge in [-0.1, -0.05) is 63.3 Å². The number of aromatic nitrogens is 2. The first kappa shape index (κ1) is 26.6. The van der Waals surface area contributed by atoms with Crippen molar-refractivity contribution in [1.82, 2.24) is 9.97 Å². The maximum atomic E-state index is 11.5. The molecule has 0 aliphatic heterocycles. The van der Waals surface area contributed by atoms with Crippen LogP contribution in [0.15, 0.2) is 24.3 Å². The molecular formula is C24H39N3O4. The molecule has 1 unspecified atom stereocenters. The standard InChI is InChI=1S/C24H39N3O4/c1-3-4-5-6-7-8-9-10-11-12-13-14-15-16-17-21(24(28)29)18-19-22-23(27(30)31)26-20(2)25-22/h7-8,10-11,21H,3-6,9,12-19H2,1-2H3,(H,25,26)(H,28,29)/b8-7-,11-10-. The lowest BCUT2D eigenvalue weighted by atomic mass is 9.95. The maximum Gasteiger partial charge on any atom is 0.343 e. The van der Waals surface area contributed by atoms with Gasteiger partial charge in [0.15, 0.2) is 5.82 Å². The molecule has 31 heavy (non-hydrogen) atoms. The molecule has 0 aromatic carbocycles. The molecule has 0 amide bonds. The summed E-state index contributed by atoms with van der Waals surface area (Å²) in [6, 6.07) is 0. The van der Waals surface area contributed by atoms with E-state index in [1.807, 2.05) is 0 Å². The molecule has 7 nitrogen and oxygen atoms in total. The number of hydrogen-bond acceptors (Lipinski definition) is 4. The molecule has 0 aliphatic rings. The number of nitrogens with one attached hydrogen (secondary N) is 1. The number of carbonyl (C=O) groups is 1. The molecule has 1 aromatic heterocycles. The Hall–Kier alpha value is -2.44. The van der Waals surface area contributed by atoms with E-state index in [2.05, 4.69) is 41.2 Å². The van der Waals surface area contributed by atoms with E-state index < -0.39 is 16.8 Å². The number of hydrogen-bond donors (Lipinski definition) is 2. The lowest BCUT2D eigenvalue weighted by Crippen LogP contribution is -2.15. The van der Waals surface area contributed by atoms with Crippen LogP contribution >= 0.6 is 0 Å².